The molecule has 382 valence electrons. The second kappa shape index (κ2) is 25.8. The molecule has 22 heteroatoms. The quantitative estimate of drug-likeness (QED) is 0.0303. The van der Waals surface area contributed by atoms with Gasteiger partial charge in [-0.05, 0) is 66.8 Å². The molecule has 0 unspecified atom stereocenters. The SMILES string of the molecule is COc1cc2c(cc1OCCCOc1nc3cc(C(=O)CCC(=O)O)sc3cc1OC)CN(C(=O)CCC(=O)NCc1ccc(NC(=O)[C@H](C)NC(=O)CNC(=O)CCCCCN3C(=O)C=CC3=O)cc1)C2. The van der Waals surface area contributed by atoms with Crippen molar-refractivity contribution in [2.24, 2.45) is 0 Å². The van der Waals surface area contributed by atoms with E-state index in [0.29, 0.717) is 76.8 Å². The fourth-order valence-corrected chi connectivity index (χ4v) is 8.56. The van der Waals surface area contributed by atoms with Gasteiger partial charge in [0.1, 0.15) is 6.04 Å². The Bertz CT molecular complexity index is 2700. The summed E-state index contributed by atoms with van der Waals surface area (Å²) >= 11 is 1.21. The Balaban J connectivity index is 0.845. The van der Waals surface area contributed by atoms with Crippen LogP contribution in [0.3, 0.4) is 0 Å². The van der Waals surface area contributed by atoms with E-state index in [1.54, 1.807) is 41.3 Å². The number of rotatable bonds is 28. The number of Topliss-reactive ketones (excluding diaryl/α,β-unsaturated/α-hetero) is 1. The molecule has 4 aromatic rings. The molecule has 1 atom stereocenters. The number of nitrogens with zero attached hydrogens (tertiary/aromatic N) is 3. The van der Waals surface area contributed by atoms with Gasteiger partial charge in [0.25, 0.3) is 17.7 Å². The molecule has 7 amide bonds. The standard InChI is InChI=1S/C50H57N7O14S/c1-30(53-44(61)27-52-42(59)8-5-4-6-19-57-46(63)16-17-47(57)64)49(67)54-34-11-9-31(10-12-34)26-51-43(60)14-15-45(62)56-28-32-22-37(68-2)38(23-33(32)29-56)70-20-7-21-71-50-39(69-3)25-40-35(55-50)24-41(72-40)36(58)13-18-48(65)66/h9-12,16-17,22-25,30H,4-8,13-15,18-21,26-29H2,1-3H3,(H,51,60)(H,52,59)(H,53,61)(H,54,67)(H,65,66)/t30-/m0/s1. The van der Waals surface area contributed by atoms with Crippen LogP contribution in [-0.2, 0) is 58.0 Å². The van der Waals surface area contributed by atoms with Gasteiger partial charge in [-0.1, -0.05) is 18.6 Å². The zero-order valence-corrected chi connectivity index (χ0v) is 41.0. The van der Waals surface area contributed by atoms with E-state index >= 15 is 0 Å². The number of carbonyl (C=O) groups is 9. The van der Waals surface area contributed by atoms with Crippen molar-refractivity contribution < 1.29 is 67.2 Å². The lowest BCUT2D eigenvalue weighted by atomic mass is 10.1. The van der Waals surface area contributed by atoms with Gasteiger partial charge in [-0.15, -0.1) is 11.3 Å². The van der Waals surface area contributed by atoms with Crippen LogP contribution in [0.1, 0.15) is 91.1 Å². The number of nitrogens with one attached hydrogen (secondary N) is 4. The molecule has 0 aliphatic carbocycles. The van der Waals surface area contributed by atoms with Crippen LogP contribution in [0.2, 0.25) is 0 Å². The lowest BCUT2D eigenvalue weighted by Crippen LogP contribution is -2.45. The predicted octanol–water partition coefficient (Wildman–Crippen LogP) is 4.19. The van der Waals surface area contributed by atoms with Crippen molar-refractivity contribution in [2.75, 3.05) is 45.8 Å². The third-order valence-electron chi connectivity index (χ3n) is 11.5. The molecule has 2 aromatic carbocycles. The third kappa shape index (κ3) is 15.3. The molecule has 5 N–H and O–H groups in total. The van der Waals surface area contributed by atoms with Crippen LogP contribution in [0, 0.1) is 0 Å². The van der Waals surface area contributed by atoms with E-state index in [9.17, 15) is 43.2 Å². The zero-order valence-electron chi connectivity index (χ0n) is 40.2. The topological polar surface area (TPSA) is 278 Å². The number of pyridine rings is 1. The molecule has 4 heterocycles. The number of thiophene rings is 1. The maximum atomic E-state index is 13.2. The van der Waals surface area contributed by atoms with Crippen LogP contribution in [-0.4, -0.2) is 120 Å². The summed E-state index contributed by atoms with van der Waals surface area (Å²) in [6.45, 7) is 2.87. The number of aromatic nitrogens is 1. The minimum atomic E-state index is -1.04. The van der Waals surface area contributed by atoms with Gasteiger partial charge in [-0.3, -0.25) is 48.1 Å². The van der Waals surface area contributed by atoms with Gasteiger partial charge in [-0.25, -0.2) is 4.98 Å². The molecule has 0 radical (unpaired) electrons. The molecule has 0 spiro atoms. The number of benzene rings is 2. The van der Waals surface area contributed by atoms with Crippen LogP contribution in [0.25, 0.3) is 10.2 Å². The highest BCUT2D eigenvalue weighted by Gasteiger charge is 2.27. The summed E-state index contributed by atoms with van der Waals surface area (Å²) < 4.78 is 23.7. The number of imide groups is 1. The number of methoxy groups -OCH3 is 2. The van der Waals surface area contributed by atoms with Crippen molar-refractivity contribution in [3.63, 3.8) is 0 Å². The van der Waals surface area contributed by atoms with Gasteiger partial charge in [0.2, 0.25) is 29.5 Å². The van der Waals surface area contributed by atoms with Crippen LogP contribution < -0.4 is 40.2 Å². The lowest BCUT2D eigenvalue weighted by molar-refractivity contribution is -0.138. The van der Waals surface area contributed by atoms with Gasteiger partial charge in [0, 0.05) is 82.2 Å². The number of aliphatic carboxylic acids is 1. The minimum Gasteiger partial charge on any atom is -0.493 e. The number of anilines is 1. The summed E-state index contributed by atoms with van der Waals surface area (Å²) in [7, 11) is 3.02. The highest BCUT2D eigenvalue weighted by molar-refractivity contribution is 7.20. The average Bonchev–Trinajstić information content (AvgIpc) is 4.08. The first-order valence-corrected chi connectivity index (χ1v) is 24.1. The number of fused-ring (bicyclic) bond motifs is 2. The van der Waals surface area contributed by atoms with E-state index in [1.165, 1.54) is 44.6 Å². The number of ether oxygens (including phenoxy) is 4. The molecular formula is C50H57N7O14S. The number of hydrogen-bond donors (Lipinski definition) is 5. The first-order valence-electron chi connectivity index (χ1n) is 23.3. The minimum absolute atomic E-state index is 0.00452. The summed E-state index contributed by atoms with van der Waals surface area (Å²) in [6, 6.07) is 12.9. The molecular weight excluding hydrogens is 955 g/mol. The van der Waals surface area contributed by atoms with Crippen LogP contribution in [0.5, 0.6) is 23.1 Å². The summed E-state index contributed by atoms with van der Waals surface area (Å²) in [5.41, 5.74) is 3.55. The predicted molar refractivity (Wildman–Crippen MR) is 261 cm³/mol. The van der Waals surface area contributed by atoms with Gasteiger partial charge in [0.15, 0.2) is 23.0 Å². The van der Waals surface area contributed by atoms with E-state index in [2.05, 4.69) is 26.3 Å². The van der Waals surface area contributed by atoms with Crippen molar-refractivity contribution in [3.8, 4) is 23.1 Å². The van der Waals surface area contributed by atoms with E-state index in [-0.39, 0.29) is 106 Å². The first kappa shape index (κ1) is 53.5. The van der Waals surface area contributed by atoms with E-state index in [4.69, 9.17) is 24.1 Å². The van der Waals surface area contributed by atoms with Gasteiger partial charge < -0.3 is 50.2 Å². The van der Waals surface area contributed by atoms with Crippen LogP contribution in [0.4, 0.5) is 5.69 Å². The number of carbonyl (C=O) groups excluding carboxylic acids is 8. The number of ketones is 1. The number of unbranched alkanes of at least 4 members (excludes halogenated alkanes) is 2. The maximum Gasteiger partial charge on any atom is 0.303 e. The van der Waals surface area contributed by atoms with Crippen molar-refractivity contribution in [1.82, 2.24) is 30.7 Å². The number of hydrogen-bond acceptors (Lipinski definition) is 15. The summed E-state index contributed by atoms with van der Waals surface area (Å²) in [5.74, 6) is -2.21. The highest BCUT2D eigenvalue weighted by atomic mass is 32.1. The molecule has 0 saturated carbocycles. The summed E-state index contributed by atoms with van der Waals surface area (Å²) in [4.78, 5) is 118. The van der Waals surface area contributed by atoms with Crippen molar-refractivity contribution in [2.45, 2.75) is 90.4 Å². The molecule has 2 aliphatic heterocycles. The lowest BCUT2D eigenvalue weighted by Gasteiger charge is -2.15. The largest absolute Gasteiger partial charge is 0.493 e. The molecule has 2 aromatic heterocycles. The first-order chi connectivity index (χ1) is 34.6. The molecule has 21 nitrogen and oxygen atoms in total. The fourth-order valence-electron chi connectivity index (χ4n) is 7.56. The normalized spacial score (nSPS) is 13.1. The van der Waals surface area contributed by atoms with E-state index < -0.39 is 23.8 Å². The van der Waals surface area contributed by atoms with Gasteiger partial charge in [0.05, 0.1) is 55.5 Å². The van der Waals surface area contributed by atoms with Crippen molar-refractivity contribution >= 4 is 80.3 Å². The Labute approximate surface area is 418 Å². The van der Waals surface area contributed by atoms with Crippen LogP contribution >= 0.6 is 11.3 Å². The van der Waals surface area contributed by atoms with E-state index in [1.807, 2.05) is 12.1 Å². The Morgan fingerprint density at radius 3 is 2.11 bits per heavy atom. The highest BCUT2D eigenvalue weighted by Crippen LogP contribution is 2.37. The smallest absolute Gasteiger partial charge is 0.303 e. The summed E-state index contributed by atoms with van der Waals surface area (Å²) in [6.07, 6.45) is 4.40. The zero-order chi connectivity index (χ0) is 51.7. The second-order valence-electron chi connectivity index (χ2n) is 16.9. The molecule has 0 saturated heterocycles. The van der Waals surface area contributed by atoms with Crippen LogP contribution in [0.15, 0.2) is 60.7 Å². The molecule has 6 rings (SSSR count). The Kier molecular flexibility index (Phi) is 19.2. The fraction of sp³-hybridized carbons (Fsp3) is 0.400. The number of carboxylic acid groups (broad SMARTS) is 1. The average molecular weight is 1010 g/mol. The number of amides is 7. The van der Waals surface area contributed by atoms with Gasteiger partial charge >= 0.3 is 5.97 Å². The van der Waals surface area contributed by atoms with E-state index in [0.717, 1.165) is 21.6 Å². The van der Waals surface area contributed by atoms with Crippen molar-refractivity contribution in [1.29, 1.82) is 0 Å². The molecule has 0 bridgehead atoms. The number of carboxylic acids is 1. The molecule has 2 aliphatic rings. The summed E-state index contributed by atoms with van der Waals surface area (Å²) in [5, 5.41) is 19.5. The Morgan fingerprint density at radius 1 is 0.736 bits per heavy atom. The van der Waals surface area contributed by atoms with Crippen molar-refractivity contribution in [3.05, 3.63) is 82.3 Å². The Morgan fingerprint density at radius 2 is 1.42 bits per heavy atom. The molecule has 72 heavy (non-hydrogen) atoms. The monoisotopic (exact) mass is 1010 g/mol. The third-order valence-corrected chi connectivity index (χ3v) is 12.6. The Hall–Kier alpha value is -7.88. The second-order valence-corrected chi connectivity index (χ2v) is 18.0. The molecule has 0 fully saturated rings. The van der Waals surface area contributed by atoms with Gasteiger partial charge in [-0.2, -0.15) is 0 Å². The maximum absolute atomic E-state index is 13.2.